The molecular weight excluding hydrogens is 238 g/mol. The van der Waals surface area contributed by atoms with Crippen LogP contribution in [0.5, 0.6) is 5.88 Å². The molecule has 1 atom stereocenters. The molecular formula is C15H19N3O. The molecule has 0 aliphatic heterocycles. The van der Waals surface area contributed by atoms with Gasteiger partial charge in [-0.05, 0) is 18.9 Å². The first-order valence-electron chi connectivity index (χ1n) is 6.57. The molecule has 1 aromatic heterocycles. The third kappa shape index (κ3) is 3.95. The van der Waals surface area contributed by atoms with E-state index in [1.807, 2.05) is 18.2 Å². The van der Waals surface area contributed by atoms with E-state index in [2.05, 4.69) is 41.3 Å². The van der Waals surface area contributed by atoms with E-state index in [-0.39, 0.29) is 6.04 Å². The minimum absolute atomic E-state index is 0.155. The monoisotopic (exact) mass is 257 g/mol. The van der Waals surface area contributed by atoms with E-state index in [0.717, 1.165) is 6.42 Å². The number of nitrogens with zero attached hydrogens (tertiary/aromatic N) is 2. The van der Waals surface area contributed by atoms with Crippen molar-refractivity contribution in [1.82, 2.24) is 9.97 Å². The first-order valence-corrected chi connectivity index (χ1v) is 6.57. The van der Waals surface area contributed by atoms with Crippen LogP contribution in [-0.2, 0) is 0 Å². The van der Waals surface area contributed by atoms with E-state index in [9.17, 15) is 0 Å². The molecule has 100 valence electrons. The number of aromatic nitrogens is 2. The molecule has 1 heterocycles. The minimum Gasteiger partial charge on any atom is -0.478 e. The third-order valence-electron chi connectivity index (χ3n) is 2.73. The highest BCUT2D eigenvalue weighted by Crippen LogP contribution is 2.17. The maximum Gasteiger partial charge on any atom is 0.226 e. The van der Waals surface area contributed by atoms with Crippen LogP contribution < -0.4 is 10.1 Å². The molecule has 0 aliphatic carbocycles. The van der Waals surface area contributed by atoms with Gasteiger partial charge in [-0.25, -0.2) is 4.98 Å². The van der Waals surface area contributed by atoms with Crippen molar-refractivity contribution in [3.63, 3.8) is 0 Å². The summed E-state index contributed by atoms with van der Waals surface area (Å²) in [5.74, 6) is 1.20. The molecule has 0 saturated heterocycles. The van der Waals surface area contributed by atoms with Crippen LogP contribution in [0.25, 0.3) is 0 Å². The number of hydrogen-bond acceptors (Lipinski definition) is 4. The van der Waals surface area contributed by atoms with Gasteiger partial charge >= 0.3 is 0 Å². The van der Waals surface area contributed by atoms with Crippen molar-refractivity contribution in [3.05, 3.63) is 48.2 Å². The van der Waals surface area contributed by atoms with Crippen molar-refractivity contribution >= 4 is 5.95 Å². The topological polar surface area (TPSA) is 47.0 Å². The van der Waals surface area contributed by atoms with Crippen molar-refractivity contribution in [1.29, 1.82) is 0 Å². The largest absolute Gasteiger partial charge is 0.478 e. The second-order valence-electron chi connectivity index (χ2n) is 4.34. The average molecular weight is 257 g/mol. The van der Waals surface area contributed by atoms with Crippen LogP contribution >= 0.6 is 0 Å². The average Bonchev–Trinajstić information content (AvgIpc) is 2.46. The Bertz CT molecular complexity index is 502. The van der Waals surface area contributed by atoms with Crippen molar-refractivity contribution in [2.75, 3.05) is 11.9 Å². The zero-order valence-corrected chi connectivity index (χ0v) is 11.3. The van der Waals surface area contributed by atoms with Gasteiger partial charge in [0.25, 0.3) is 0 Å². The summed E-state index contributed by atoms with van der Waals surface area (Å²) in [7, 11) is 0. The zero-order chi connectivity index (χ0) is 13.5. The maximum atomic E-state index is 5.49. The number of benzene rings is 1. The van der Waals surface area contributed by atoms with E-state index >= 15 is 0 Å². The van der Waals surface area contributed by atoms with Gasteiger partial charge in [0.15, 0.2) is 0 Å². The second-order valence-corrected chi connectivity index (χ2v) is 4.34. The Morgan fingerprint density at radius 2 is 2.00 bits per heavy atom. The van der Waals surface area contributed by atoms with Crippen LogP contribution in [0.15, 0.2) is 42.6 Å². The van der Waals surface area contributed by atoms with Gasteiger partial charge in [0.1, 0.15) is 0 Å². The molecule has 2 aromatic rings. The molecule has 2 rings (SSSR count). The van der Waals surface area contributed by atoms with E-state index in [1.165, 1.54) is 5.56 Å². The predicted molar refractivity (Wildman–Crippen MR) is 76.3 cm³/mol. The Kier molecular flexibility index (Phi) is 4.72. The molecule has 1 N–H and O–H groups in total. The summed E-state index contributed by atoms with van der Waals surface area (Å²) in [5, 5.41) is 3.27. The maximum absolute atomic E-state index is 5.49. The lowest BCUT2D eigenvalue weighted by molar-refractivity contribution is 0.305. The fraction of sp³-hybridized carbons (Fsp3) is 0.333. The van der Waals surface area contributed by atoms with E-state index in [4.69, 9.17) is 4.74 Å². The van der Waals surface area contributed by atoms with Crippen LogP contribution in [-0.4, -0.2) is 16.6 Å². The standard InChI is InChI=1S/C15H19N3O/c1-3-11-19-14-9-10-16-15(18-14)17-12(2)13-7-5-4-6-8-13/h4-10,12H,3,11H2,1-2H3,(H,16,17,18). The molecule has 4 nitrogen and oxygen atoms in total. The summed E-state index contributed by atoms with van der Waals surface area (Å²) >= 11 is 0. The minimum atomic E-state index is 0.155. The molecule has 0 radical (unpaired) electrons. The Morgan fingerprint density at radius 3 is 2.74 bits per heavy atom. The van der Waals surface area contributed by atoms with E-state index in [1.54, 1.807) is 12.3 Å². The summed E-state index contributed by atoms with van der Waals surface area (Å²) in [6.45, 7) is 4.82. The SMILES string of the molecule is CCCOc1ccnc(NC(C)c2ccccc2)n1. The molecule has 0 fully saturated rings. The Morgan fingerprint density at radius 1 is 1.21 bits per heavy atom. The summed E-state index contributed by atoms with van der Waals surface area (Å²) < 4.78 is 5.49. The highest BCUT2D eigenvalue weighted by molar-refractivity contribution is 5.32. The Hall–Kier alpha value is -2.10. The molecule has 19 heavy (non-hydrogen) atoms. The molecule has 0 amide bonds. The molecule has 0 spiro atoms. The highest BCUT2D eigenvalue weighted by Gasteiger charge is 2.07. The lowest BCUT2D eigenvalue weighted by Crippen LogP contribution is -2.10. The van der Waals surface area contributed by atoms with Crippen LogP contribution in [0.2, 0.25) is 0 Å². The first-order chi connectivity index (χ1) is 9.29. The van der Waals surface area contributed by atoms with Crippen molar-refractivity contribution in [3.8, 4) is 5.88 Å². The van der Waals surface area contributed by atoms with Gasteiger partial charge < -0.3 is 10.1 Å². The van der Waals surface area contributed by atoms with Crippen molar-refractivity contribution in [2.24, 2.45) is 0 Å². The summed E-state index contributed by atoms with van der Waals surface area (Å²) in [6.07, 6.45) is 2.67. The van der Waals surface area contributed by atoms with E-state index < -0.39 is 0 Å². The molecule has 0 bridgehead atoms. The smallest absolute Gasteiger partial charge is 0.226 e. The van der Waals surface area contributed by atoms with Gasteiger partial charge in [-0.15, -0.1) is 0 Å². The molecule has 1 aromatic carbocycles. The lowest BCUT2D eigenvalue weighted by Gasteiger charge is -2.14. The molecule has 0 saturated carbocycles. The van der Waals surface area contributed by atoms with Gasteiger partial charge in [-0.1, -0.05) is 37.3 Å². The number of ether oxygens (including phenoxy) is 1. The molecule has 0 aliphatic rings. The Balaban J connectivity index is 2.02. The first kappa shape index (κ1) is 13.3. The van der Waals surface area contributed by atoms with Gasteiger partial charge in [0.05, 0.1) is 12.6 Å². The fourth-order valence-electron chi connectivity index (χ4n) is 1.72. The van der Waals surface area contributed by atoms with Crippen molar-refractivity contribution in [2.45, 2.75) is 26.3 Å². The third-order valence-corrected chi connectivity index (χ3v) is 2.73. The number of nitrogens with one attached hydrogen (secondary N) is 1. The summed E-state index contributed by atoms with van der Waals surface area (Å²) in [5.41, 5.74) is 1.20. The summed E-state index contributed by atoms with van der Waals surface area (Å²) in [4.78, 5) is 8.54. The lowest BCUT2D eigenvalue weighted by atomic mass is 10.1. The van der Waals surface area contributed by atoms with Crippen LogP contribution in [0.4, 0.5) is 5.95 Å². The van der Waals surface area contributed by atoms with Crippen LogP contribution in [0.1, 0.15) is 31.9 Å². The molecule has 1 unspecified atom stereocenters. The normalized spacial score (nSPS) is 11.9. The highest BCUT2D eigenvalue weighted by atomic mass is 16.5. The van der Waals surface area contributed by atoms with Crippen LogP contribution in [0, 0.1) is 0 Å². The quantitative estimate of drug-likeness (QED) is 0.861. The molecule has 4 heteroatoms. The predicted octanol–water partition coefficient (Wildman–Crippen LogP) is 3.44. The fourth-order valence-corrected chi connectivity index (χ4v) is 1.72. The van der Waals surface area contributed by atoms with Gasteiger partial charge in [-0.2, -0.15) is 4.98 Å². The number of anilines is 1. The van der Waals surface area contributed by atoms with Gasteiger partial charge in [0.2, 0.25) is 11.8 Å². The zero-order valence-electron chi connectivity index (χ0n) is 11.3. The Labute approximate surface area is 113 Å². The number of rotatable bonds is 6. The van der Waals surface area contributed by atoms with Crippen LogP contribution in [0.3, 0.4) is 0 Å². The second kappa shape index (κ2) is 6.73. The van der Waals surface area contributed by atoms with Gasteiger partial charge in [-0.3, -0.25) is 0 Å². The summed E-state index contributed by atoms with van der Waals surface area (Å²) in [6, 6.07) is 12.1. The van der Waals surface area contributed by atoms with Crippen molar-refractivity contribution < 1.29 is 4.74 Å². The van der Waals surface area contributed by atoms with Gasteiger partial charge in [0, 0.05) is 12.3 Å². The number of hydrogen-bond donors (Lipinski definition) is 1. The van der Waals surface area contributed by atoms with E-state index in [0.29, 0.717) is 18.4 Å².